The number of nitrogens with two attached hydrogens (primary N) is 5. The number of nitrogens with zero attached hydrogens (tertiary/aromatic N) is 1. The number of fused-ring (bicyclic) bond motifs is 3. The van der Waals surface area contributed by atoms with Gasteiger partial charge in [-0.2, -0.15) is 0 Å². The van der Waals surface area contributed by atoms with E-state index in [0.29, 0.717) is 59.2 Å². The number of aryl methyl sites for hydroxylation is 1. The molecule has 0 spiro atoms. The summed E-state index contributed by atoms with van der Waals surface area (Å²) in [7, 11) is 0. The maximum atomic E-state index is 6.06. The Morgan fingerprint density at radius 3 is 1.06 bits per heavy atom. The highest BCUT2D eigenvalue weighted by Gasteiger charge is 2.15. The average molecular weight is 669 g/mol. The van der Waals surface area contributed by atoms with E-state index >= 15 is 0 Å². The molecule has 10 nitrogen and oxygen atoms in total. The maximum absolute atomic E-state index is 6.06. The quantitative estimate of drug-likeness (QED) is 0.0643. The Kier molecular flexibility index (Phi) is 13.5. The molecule has 262 valence electrons. The third-order valence-corrected chi connectivity index (χ3v) is 8.35. The fourth-order valence-electron chi connectivity index (χ4n) is 5.85. The van der Waals surface area contributed by atoms with E-state index in [1.54, 1.807) is 0 Å². The molecule has 0 amide bonds. The van der Waals surface area contributed by atoms with Crippen LogP contribution in [0.3, 0.4) is 0 Å². The molecule has 5 aromatic rings. The molecule has 10 heteroatoms. The first kappa shape index (κ1) is 36.0. The Balaban J connectivity index is 1.57. The van der Waals surface area contributed by atoms with Crippen LogP contribution in [0.4, 0.5) is 0 Å². The lowest BCUT2D eigenvalue weighted by Crippen LogP contribution is -2.07. The first-order valence-electron chi connectivity index (χ1n) is 17.5. The van der Waals surface area contributed by atoms with E-state index in [0.717, 1.165) is 94.9 Å². The van der Waals surface area contributed by atoms with Crippen LogP contribution >= 0.6 is 0 Å². The molecule has 0 aliphatic heterocycles. The van der Waals surface area contributed by atoms with Crippen LogP contribution in [0.25, 0.3) is 44.1 Å². The van der Waals surface area contributed by atoms with E-state index in [1.807, 2.05) is 12.1 Å². The Morgan fingerprint density at radius 2 is 0.735 bits per heavy atom. The molecule has 5 rings (SSSR count). The van der Waals surface area contributed by atoms with Crippen molar-refractivity contribution in [3.8, 4) is 45.3 Å². The van der Waals surface area contributed by atoms with Crippen molar-refractivity contribution >= 4 is 21.8 Å². The lowest BCUT2D eigenvalue weighted by molar-refractivity contribution is 0.298. The second-order valence-corrected chi connectivity index (χ2v) is 12.1. The third kappa shape index (κ3) is 9.44. The highest BCUT2D eigenvalue weighted by molar-refractivity contribution is 6.10. The Morgan fingerprint density at radius 1 is 0.388 bits per heavy atom. The molecule has 4 aromatic carbocycles. The van der Waals surface area contributed by atoms with E-state index in [-0.39, 0.29) is 0 Å². The van der Waals surface area contributed by atoms with Gasteiger partial charge in [0, 0.05) is 40.5 Å². The van der Waals surface area contributed by atoms with E-state index in [4.69, 9.17) is 47.6 Å². The molecular weight excluding hydrogens is 616 g/mol. The largest absolute Gasteiger partial charge is 0.493 e. The van der Waals surface area contributed by atoms with Gasteiger partial charge in [-0.15, -0.1) is 0 Å². The van der Waals surface area contributed by atoms with Gasteiger partial charge in [-0.3, -0.25) is 0 Å². The van der Waals surface area contributed by atoms with Crippen LogP contribution in [0.5, 0.6) is 23.0 Å². The standard InChI is InChI=1S/C39H52N6O4/c40-10-1-15-45-38-24-28(30-20-32(46-16-2-11-41)26-33(21-30)47-17-3-12-42)6-8-36(38)37-9-7-29(25-39(37)45)31-22-34(48-18-4-13-43)27-35(23-31)49-19-5-14-44/h6-9,20-27H,1-5,10-19,40-44H2. The van der Waals surface area contributed by atoms with Gasteiger partial charge in [-0.25, -0.2) is 0 Å². The molecule has 0 radical (unpaired) electrons. The van der Waals surface area contributed by atoms with Crippen molar-refractivity contribution in [2.75, 3.05) is 59.2 Å². The number of hydrogen-bond donors (Lipinski definition) is 5. The maximum Gasteiger partial charge on any atom is 0.123 e. The van der Waals surface area contributed by atoms with E-state index < -0.39 is 0 Å². The first-order valence-corrected chi connectivity index (χ1v) is 17.5. The molecule has 0 bridgehead atoms. The summed E-state index contributed by atoms with van der Waals surface area (Å²) in [6.07, 6.45) is 3.95. The summed E-state index contributed by atoms with van der Waals surface area (Å²) >= 11 is 0. The Hall–Kier alpha value is -4.32. The van der Waals surface area contributed by atoms with Crippen molar-refractivity contribution in [2.45, 2.75) is 38.6 Å². The molecule has 0 fully saturated rings. The van der Waals surface area contributed by atoms with Gasteiger partial charge in [0.2, 0.25) is 0 Å². The molecule has 0 saturated heterocycles. The van der Waals surface area contributed by atoms with Crippen LogP contribution < -0.4 is 47.6 Å². The predicted octanol–water partition coefficient (Wildman–Crippen LogP) is 5.39. The molecule has 1 aromatic heterocycles. The third-order valence-electron chi connectivity index (χ3n) is 8.35. The van der Waals surface area contributed by atoms with Crippen LogP contribution in [0.2, 0.25) is 0 Å². The molecule has 1 heterocycles. The second-order valence-electron chi connectivity index (χ2n) is 12.1. The minimum absolute atomic E-state index is 0.543. The fraction of sp³-hybridized carbons (Fsp3) is 0.385. The van der Waals surface area contributed by atoms with E-state index in [2.05, 4.69) is 65.2 Å². The first-order chi connectivity index (χ1) is 24.1. The zero-order chi connectivity index (χ0) is 34.4. The minimum Gasteiger partial charge on any atom is -0.493 e. The Labute approximate surface area is 289 Å². The monoisotopic (exact) mass is 668 g/mol. The Bertz CT molecular complexity index is 1610. The van der Waals surface area contributed by atoms with Gasteiger partial charge in [0.25, 0.3) is 0 Å². The summed E-state index contributed by atoms with van der Waals surface area (Å²) < 4.78 is 26.6. The van der Waals surface area contributed by atoms with E-state index in [9.17, 15) is 0 Å². The smallest absolute Gasteiger partial charge is 0.123 e. The van der Waals surface area contributed by atoms with Crippen molar-refractivity contribution in [2.24, 2.45) is 28.7 Å². The fourth-order valence-corrected chi connectivity index (χ4v) is 5.85. The van der Waals surface area contributed by atoms with Gasteiger partial charge in [0.05, 0.1) is 26.4 Å². The number of benzene rings is 4. The molecule has 0 aliphatic carbocycles. The van der Waals surface area contributed by atoms with Crippen molar-refractivity contribution < 1.29 is 18.9 Å². The predicted molar refractivity (Wildman–Crippen MR) is 201 cm³/mol. The molecule has 0 atom stereocenters. The van der Waals surface area contributed by atoms with Crippen LogP contribution in [0.15, 0.2) is 72.8 Å². The van der Waals surface area contributed by atoms with Crippen molar-refractivity contribution in [3.05, 3.63) is 72.8 Å². The van der Waals surface area contributed by atoms with Crippen molar-refractivity contribution in [1.82, 2.24) is 4.57 Å². The van der Waals surface area contributed by atoms with Gasteiger partial charge in [0.1, 0.15) is 23.0 Å². The SMILES string of the molecule is NCCCOc1cc(OCCCN)cc(-c2ccc3c4ccc(-c5cc(OCCCN)cc(OCCCN)c5)cc4n(CCCN)c3c2)c1. The number of rotatable bonds is 21. The summed E-state index contributed by atoms with van der Waals surface area (Å²) in [5.74, 6) is 3.01. The van der Waals surface area contributed by atoms with Crippen molar-refractivity contribution in [1.29, 1.82) is 0 Å². The van der Waals surface area contributed by atoms with Crippen LogP contribution in [0, 0.1) is 0 Å². The topological polar surface area (TPSA) is 172 Å². The number of ether oxygens (including phenoxy) is 4. The van der Waals surface area contributed by atoms with Gasteiger partial charge < -0.3 is 52.2 Å². The summed E-state index contributed by atoms with van der Waals surface area (Å²) in [6.45, 7) is 5.84. The summed E-state index contributed by atoms with van der Waals surface area (Å²) in [5.41, 5.74) is 35.3. The normalized spacial score (nSPS) is 11.4. The zero-order valence-corrected chi connectivity index (χ0v) is 28.5. The highest BCUT2D eigenvalue weighted by Crippen LogP contribution is 2.38. The lowest BCUT2D eigenvalue weighted by atomic mass is 10.0. The molecule has 10 N–H and O–H groups in total. The zero-order valence-electron chi connectivity index (χ0n) is 28.5. The van der Waals surface area contributed by atoms with Gasteiger partial charge >= 0.3 is 0 Å². The lowest BCUT2D eigenvalue weighted by Gasteiger charge is -2.14. The average Bonchev–Trinajstić information content (AvgIpc) is 3.43. The number of aromatic nitrogens is 1. The molecule has 0 aliphatic rings. The van der Waals surface area contributed by atoms with Gasteiger partial charge in [-0.05, 0) is 123 Å². The summed E-state index contributed by atoms with van der Waals surface area (Å²) in [5, 5.41) is 2.36. The van der Waals surface area contributed by atoms with Gasteiger partial charge in [-0.1, -0.05) is 24.3 Å². The van der Waals surface area contributed by atoms with Crippen LogP contribution in [-0.2, 0) is 6.54 Å². The molecular formula is C39H52N6O4. The molecule has 49 heavy (non-hydrogen) atoms. The highest BCUT2D eigenvalue weighted by atomic mass is 16.5. The van der Waals surface area contributed by atoms with Crippen LogP contribution in [0.1, 0.15) is 32.1 Å². The van der Waals surface area contributed by atoms with Gasteiger partial charge in [0.15, 0.2) is 0 Å². The number of hydrogen-bond acceptors (Lipinski definition) is 9. The van der Waals surface area contributed by atoms with Crippen molar-refractivity contribution in [3.63, 3.8) is 0 Å². The second kappa shape index (κ2) is 18.4. The van der Waals surface area contributed by atoms with Crippen LogP contribution in [-0.4, -0.2) is 63.7 Å². The summed E-state index contributed by atoms with van der Waals surface area (Å²) in [4.78, 5) is 0. The molecule has 0 saturated carbocycles. The molecule has 0 unspecified atom stereocenters. The minimum atomic E-state index is 0.543. The summed E-state index contributed by atoms with van der Waals surface area (Å²) in [6, 6.07) is 25.4. The van der Waals surface area contributed by atoms with E-state index in [1.165, 1.54) is 10.8 Å².